The Balaban J connectivity index is 2.01. The second kappa shape index (κ2) is 8.97. The molecule has 28 heavy (non-hydrogen) atoms. The van der Waals surface area contributed by atoms with Crippen LogP contribution in [0.3, 0.4) is 0 Å². The number of nitrogens with one attached hydrogen (secondary N) is 1. The van der Waals surface area contributed by atoms with Crippen LogP contribution in [-0.4, -0.2) is 18.5 Å². The Morgan fingerprint density at radius 1 is 1.04 bits per heavy atom. The average Bonchev–Trinajstić information content (AvgIpc) is 3.10. The van der Waals surface area contributed by atoms with Crippen molar-refractivity contribution in [2.24, 2.45) is 0 Å². The second-order valence-electron chi connectivity index (χ2n) is 5.61. The van der Waals surface area contributed by atoms with E-state index in [0.29, 0.717) is 5.00 Å². The summed E-state index contributed by atoms with van der Waals surface area (Å²) in [5.41, 5.74) is 1.21. The molecule has 0 aliphatic carbocycles. The highest BCUT2D eigenvalue weighted by Gasteiger charge is 2.23. The molecule has 1 aromatic heterocycles. The zero-order chi connectivity index (χ0) is 20.3. The lowest BCUT2D eigenvalue weighted by Crippen LogP contribution is -2.15. The Bertz CT molecular complexity index is 1030. The Morgan fingerprint density at radius 2 is 1.71 bits per heavy atom. The van der Waals surface area contributed by atoms with Gasteiger partial charge in [0.05, 0.1) is 32.8 Å². The van der Waals surface area contributed by atoms with Crippen molar-refractivity contribution < 1.29 is 14.3 Å². The molecule has 3 aromatic rings. The van der Waals surface area contributed by atoms with E-state index in [1.165, 1.54) is 23.5 Å². The topological polar surface area (TPSA) is 55.4 Å². The van der Waals surface area contributed by atoms with Crippen molar-refractivity contribution >= 4 is 63.0 Å². The maximum atomic E-state index is 12.8. The van der Waals surface area contributed by atoms with Gasteiger partial charge in [-0.15, -0.1) is 11.3 Å². The van der Waals surface area contributed by atoms with Crippen LogP contribution in [0.2, 0.25) is 15.1 Å². The molecule has 0 saturated heterocycles. The third-order valence-electron chi connectivity index (χ3n) is 3.78. The first-order valence-corrected chi connectivity index (χ1v) is 10.2. The van der Waals surface area contributed by atoms with Crippen molar-refractivity contribution in [3.8, 4) is 10.4 Å². The smallest absolute Gasteiger partial charge is 0.341 e. The van der Waals surface area contributed by atoms with Gasteiger partial charge in [-0.1, -0.05) is 65.1 Å². The SMILES string of the molecule is CCOC(=O)c1cc(-c2ccccc2)sc1NC(=O)c1c(Cl)ccc(Cl)c1Cl. The molecule has 0 aliphatic heterocycles. The van der Waals surface area contributed by atoms with Gasteiger partial charge in [-0.2, -0.15) is 0 Å². The summed E-state index contributed by atoms with van der Waals surface area (Å²) in [4.78, 5) is 26.0. The van der Waals surface area contributed by atoms with Crippen LogP contribution < -0.4 is 5.32 Å². The van der Waals surface area contributed by atoms with Gasteiger partial charge < -0.3 is 10.1 Å². The largest absolute Gasteiger partial charge is 0.462 e. The summed E-state index contributed by atoms with van der Waals surface area (Å²) in [6, 6.07) is 14.2. The lowest BCUT2D eigenvalue weighted by Gasteiger charge is -2.09. The standard InChI is InChI=1S/C20H14Cl3NO3S/c1-2-27-20(26)12-10-15(11-6-4-3-5-7-11)28-19(12)24-18(25)16-13(21)8-9-14(22)17(16)23/h3-10H,2H2,1H3,(H,24,25). The van der Waals surface area contributed by atoms with E-state index in [0.717, 1.165) is 10.4 Å². The molecular formula is C20H14Cl3NO3S. The second-order valence-corrected chi connectivity index (χ2v) is 7.86. The van der Waals surface area contributed by atoms with Gasteiger partial charge in [0.2, 0.25) is 0 Å². The fourth-order valence-corrected chi connectivity index (χ4v) is 4.24. The predicted molar refractivity (Wildman–Crippen MR) is 115 cm³/mol. The summed E-state index contributed by atoms with van der Waals surface area (Å²) in [6.45, 7) is 1.93. The van der Waals surface area contributed by atoms with Crippen LogP contribution >= 0.6 is 46.1 Å². The minimum Gasteiger partial charge on any atom is -0.462 e. The molecule has 1 amide bonds. The minimum atomic E-state index is -0.565. The number of amides is 1. The summed E-state index contributed by atoms with van der Waals surface area (Å²) in [5.74, 6) is -1.09. The molecule has 0 bridgehead atoms. The first-order chi connectivity index (χ1) is 13.4. The molecule has 2 aromatic carbocycles. The first-order valence-electron chi connectivity index (χ1n) is 8.23. The number of benzene rings is 2. The minimum absolute atomic E-state index is 0.0419. The van der Waals surface area contributed by atoms with Crippen molar-refractivity contribution in [2.45, 2.75) is 6.92 Å². The zero-order valence-electron chi connectivity index (χ0n) is 14.6. The lowest BCUT2D eigenvalue weighted by molar-refractivity contribution is 0.0528. The lowest BCUT2D eigenvalue weighted by atomic mass is 10.1. The van der Waals surface area contributed by atoms with Crippen LogP contribution in [-0.2, 0) is 4.74 Å². The summed E-state index contributed by atoms with van der Waals surface area (Å²) in [5, 5.41) is 3.47. The summed E-state index contributed by atoms with van der Waals surface area (Å²) in [6.07, 6.45) is 0. The molecule has 0 spiro atoms. The van der Waals surface area contributed by atoms with Crippen molar-refractivity contribution in [1.82, 2.24) is 0 Å². The molecule has 8 heteroatoms. The van der Waals surface area contributed by atoms with Gasteiger partial charge in [-0.25, -0.2) is 4.79 Å². The number of hydrogen-bond donors (Lipinski definition) is 1. The first kappa shape index (κ1) is 20.7. The van der Waals surface area contributed by atoms with Gasteiger partial charge >= 0.3 is 5.97 Å². The van der Waals surface area contributed by atoms with Crippen LogP contribution in [0, 0.1) is 0 Å². The van der Waals surface area contributed by atoms with Gasteiger partial charge in [-0.05, 0) is 30.7 Å². The molecule has 0 unspecified atom stereocenters. The molecule has 0 atom stereocenters. The molecule has 4 nitrogen and oxygen atoms in total. The maximum Gasteiger partial charge on any atom is 0.341 e. The van der Waals surface area contributed by atoms with Crippen molar-refractivity contribution in [3.05, 3.63) is 74.7 Å². The number of ether oxygens (including phenoxy) is 1. The van der Waals surface area contributed by atoms with E-state index in [4.69, 9.17) is 39.5 Å². The average molecular weight is 455 g/mol. The molecule has 3 rings (SSSR count). The van der Waals surface area contributed by atoms with Crippen LogP contribution in [0.4, 0.5) is 5.00 Å². The number of esters is 1. The maximum absolute atomic E-state index is 12.8. The fraction of sp³-hybridized carbons (Fsp3) is 0.100. The molecular weight excluding hydrogens is 441 g/mol. The van der Waals surface area contributed by atoms with Gasteiger partial charge in [0.1, 0.15) is 5.00 Å². The van der Waals surface area contributed by atoms with Crippen LogP contribution in [0.5, 0.6) is 0 Å². The summed E-state index contributed by atoms with van der Waals surface area (Å²) < 4.78 is 5.11. The van der Waals surface area contributed by atoms with E-state index in [-0.39, 0.29) is 32.8 Å². The number of thiophene rings is 1. The number of carbonyl (C=O) groups is 2. The highest BCUT2D eigenvalue weighted by atomic mass is 35.5. The Hall–Kier alpha value is -2.05. The molecule has 0 aliphatic rings. The molecule has 0 saturated carbocycles. The van der Waals surface area contributed by atoms with Gasteiger partial charge in [-0.3, -0.25) is 4.79 Å². The molecule has 0 radical (unpaired) electrons. The van der Waals surface area contributed by atoms with E-state index in [9.17, 15) is 9.59 Å². The number of carbonyl (C=O) groups excluding carboxylic acids is 2. The van der Waals surface area contributed by atoms with E-state index in [2.05, 4.69) is 5.32 Å². The zero-order valence-corrected chi connectivity index (χ0v) is 17.7. The fourth-order valence-electron chi connectivity index (χ4n) is 2.49. The van der Waals surface area contributed by atoms with Gasteiger partial charge in [0, 0.05) is 4.88 Å². The van der Waals surface area contributed by atoms with Crippen LogP contribution in [0.1, 0.15) is 27.6 Å². The quantitative estimate of drug-likeness (QED) is 0.340. The third-order valence-corrected chi connectivity index (χ3v) is 6.00. The summed E-state index contributed by atoms with van der Waals surface area (Å²) >= 11 is 19.5. The van der Waals surface area contributed by atoms with E-state index >= 15 is 0 Å². The number of halogens is 3. The van der Waals surface area contributed by atoms with Crippen molar-refractivity contribution in [1.29, 1.82) is 0 Å². The molecule has 0 fully saturated rings. The van der Waals surface area contributed by atoms with E-state index in [1.54, 1.807) is 13.0 Å². The number of hydrogen-bond acceptors (Lipinski definition) is 4. The third kappa shape index (κ3) is 4.33. The van der Waals surface area contributed by atoms with Crippen LogP contribution in [0.15, 0.2) is 48.5 Å². The van der Waals surface area contributed by atoms with Gasteiger partial charge in [0.25, 0.3) is 5.91 Å². The Kier molecular flexibility index (Phi) is 6.62. The van der Waals surface area contributed by atoms with Crippen molar-refractivity contribution in [2.75, 3.05) is 11.9 Å². The number of anilines is 1. The van der Waals surface area contributed by atoms with Crippen LogP contribution in [0.25, 0.3) is 10.4 Å². The number of rotatable bonds is 5. The van der Waals surface area contributed by atoms with E-state index < -0.39 is 11.9 Å². The van der Waals surface area contributed by atoms with Gasteiger partial charge in [0.15, 0.2) is 0 Å². The normalized spacial score (nSPS) is 10.6. The van der Waals surface area contributed by atoms with Crippen molar-refractivity contribution in [3.63, 3.8) is 0 Å². The molecule has 144 valence electrons. The van der Waals surface area contributed by atoms with E-state index in [1.807, 2.05) is 30.3 Å². The highest BCUT2D eigenvalue weighted by molar-refractivity contribution is 7.20. The Morgan fingerprint density at radius 3 is 2.39 bits per heavy atom. The molecule has 1 N–H and O–H groups in total. The monoisotopic (exact) mass is 453 g/mol. The highest BCUT2D eigenvalue weighted by Crippen LogP contribution is 2.37. The molecule has 1 heterocycles. The predicted octanol–water partition coefficient (Wildman–Crippen LogP) is 6.80. The summed E-state index contributed by atoms with van der Waals surface area (Å²) in [7, 11) is 0. The Labute approximate surface area is 181 Å².